The quantitative estimate of drug-likeness (QED) is 0.291. The van der Waals surface area contributed by atoms with Crippen molar-refractivity contribution >= 4 is 5.91 Å². The van der Waals surface area contributed by atoms with E-state index >= 15 is 0 Å². The van der Waals surface area contributed by atoms with E-state index in [9.17, 15) is 25.2 Å². The van der Waals surface area contributed by atoms with Gasteiger partial charge in [0.25, 0.3) is 0 Å². The molecule has 0 radical (unpaired) electrons. The van der Waals surface area contributed by atoms with E-state index in [1.54, 1.807) is 0 Å². The Morgan fingerprint density at radius 3 is 2.30 bits per heavy atom. The summed E-state index contributed by atoms with van der Waals surface area (Å²) in [6, 6.07) is 11.7. The van der Waals surface area contributed by atoms with Crippen LogP contribution in [0.25, 0.3) is 0 Å². The molecule has 0 saturated heterocycles. The summed E-state index contributed by atoms with van der Waals surface area (Å²) in [6.07, 6.45) is 0.910. The van der Waals surface area contributed by atoms with Gasteiger partial charge in [0.1, 0.15) is 11.5 Å². The summed E-state index contributed by atoms with van der Waals surface area (Å²) < 4.78 is 0. The van der Waals surface area contributed by atoms with E-state index in [1.165, 1.54) is 18.2 Å². The van der Waals surface area contributed by atoms with Crippen LogP contribution in [0.5, 0.6) is 11.5 Å². The molecule has 2 aromatic carbocycles. The number of phenols is 2. The summed E-state index contributed by atoms with van der Waals surface area (Å²) in [5.41, 5.74) is 2.04. The molecule has 2 rings (SSSR count). The Kier molecular flexibility index (Phi) is 9.70. The molecule has 1 amide bonds. The molecule has 0 fully saturated rings. The number of amides is 1. The van der Waals surface area contributed by atoms with Crippen molar-refractivity contribution in [3.63, 3.8) is 0 Å². The van der Waals surface area contributed by atoms with Crippen LogP contribution in [-0.4, -0.2) is 51.1 Å². The number of aromatic hydroxyl groups is 2. The van der Waals surface area contributed by atoms with E-state index < -0.39 is 6.10 Å². The molecule has 0 aliphatic carbocycles. The largest absolute Gasteiger partial charge is 0.508 e. The zero-order chi connectivity index (χ0) is 24.6. The van der Waals surface area contributed by atoms with Crippen LogP contribution in [0, 0.1) is 5.92 Å². The Morgan fingerprint density at radius 1 is 1.06 bits per heavy atom. The number of β-amino-alcohol motifs (C(OH)–C–C–N with tert-alkyl or cyclic N) is 1. The lowest BCUT2D eigenvalue weighted by Crippen LogP contribution is -2.43. The molecule has 6 N–H and O–H groups in total. The fourth-order valence-electron chi connectivity index (χ4n) is 3.82. The van der Waals surface area contributed by atoms with Crippen LogP contribution >= 0.6 is 0 Å². The lowest BCUT2D eigenvalue weighted by Gasteiger charge is -2.28. The first-order chi connectivity index (χ1) is 15.5. The summed E-state index contributed by atoms with van der Waals surface area (Å²) in [5.74, 6) is -0.102. The van der Waals surface area contributed by atoms with Crippen molar-refractivity contribution in [1.29, 1.82) is 0 Å². The molecule has 0 saturated carbocycles. The molecule has 3 atom stereocenters. The third-order valence-electron chi connectivity index (χ3n) is 5.96. The highest BCUT2D eigenvalue weighted by molar-refractivity contribution is 5.79. The third-order valence-corrected chi connectivity index (χ3v) is 5.96. The fourth-order valence-corrected chi connectivity index (χ4v) is 3.82. The molecular weight excluding hydrogens is 420 g/mol. The van der Waals surface area contributed by atoms with Crippen LogP contribution in [0.1, 0.15) is 56.9 Å². The zero-order valence-electron chi connectivity index (χ0n) is 20.0. The van der Waals surface area contributed by atoms with Gasteiger partial charge in [0.05, 0.1) is 25.2 Å². The van der Waals surface area contributed by atoms with E-state index in [-0.39, 0.29) is 54.5 Å². The molecule has 33 heavy (non-hydrogen) atoms. The maximum atomic E-state index is 12.5. The van der Waals surface area contributed by atoms with E-state index in [2.05, 4.69) is 10.6 Å². The first kappa shape index (κ1) is 26.6. The summed E-state index contributed by atoms with van der Waals surface area (Å²) >= 11 is 0. The van der Waals surface area contributed by atoms with Gasteiger partial charge in [-0.25, -0.2) is 0 Å². The first-order valence-electron chi connectivity index (χ1n) is 11.5. The maximum absolute atomic E-state index is 12.5. The molecule has 0 heterocycles. The summed E-state index contributed by atoms with van der Waals surface area (Å²) in [4.78, 5) is 12.5. The van der Waals surface area contributed by atoms with Gasteiger partial charge in [0.2, 0.25) is 5.91 Å². The van der Waals surface area contributed by atoms with Crippen molar-refractivity contribution in [3.05, 3.63) is 59.2 Å². The van der Waals surface area contributed by atoms with Crippen molar-refractivity contribution in [1.82, 2.24) is 10.6 Å². The lowest BCUT2D eigenvalue weighted by atomic mass is 9.93. The SMILES string of the molecule is CCC(C)C(CO)NC(=O)Cc1cccc(CC(C)(C)NCC(O)c2cc(O)cc(O)c2)c1. The second kappa shape index (κ2) is 12.0. The summed E-state index contributed by atoms with van der Waals surface area (Å²) in [7, 11) is 0. The number of carbonyl (C=O) groups excluding carboxylic acids is 1. The maximum Gasteiger partial charge on any atom is 0.224 e. The zero-order valence-corrected chi connectivity index (χ0v) is 20.0. The highest BCUT2D eigenvalue weighted by Crippen LogP contribution is 2.25. The third kappa shape index (κ3) is 8.68. The Balaban J connectivity index is 1.95. The molecule has 0 aliphatic heterocycles. The van der Waals surface area contributed by atoms with Crippen molar-refractivity contribution in [2.24, 2.45) is 5.92 Å². The van der Waals surface area contributed by atoms with E-state index in [4.69, 9.17) is 0 Å². The van der Waals surface area contributed by atoms with Gasteiger partial charge >= 0.3 is 0 Å². The number of rotatable bonds is 12. The van der Waals surface area contributed by atoms with Gasteiger partial charge in [0.15, 0.2) is 0 Å². The molecular formula is C26H38N2O5. The molecule has 182 valence electrons. The van der Waals surface area contributed by atoms with Crippen molar-refractivity contribution in [3.8, 4) is 11.5 Å². The van der Waals surface area contributed by atoms with Crippen LogP contribution in [0.15, 0.2) is 42.5 Å². The van der Waals surface area contributed by atoms with E-state index in [0.717, 1.165) is 17.5 Å². The Hall–Kier alpha value is -2.61. The lowest BCUT2D eigenvalue weighted by molar-refractivity contribution is -0.121. The van der Waals surface area contributed by atoms with Crippen LogP contribution in [0.3, 0.4) is 0 Å². The van der Waals surface area contributed by atoms with Gasteiger partial charge in [-0.2, -0.15) is 0 Å². The minimum atomic E-state index is -0.887. The molecule has 0 spiro atoms. The van der Waals surface area contributed by atoms with E-state index in [0.29, 0.717) is 12.0 Å². The molecule has 7 nitrogen and oxygen atoms in total. The van der Waals surface area contributed by atoms with Crippen LogP contribution in [0.4, 0.5) is 0 Å². The topological polar surface area (TPSA) is 122 Å². The van der Waals surface area contributed by atoms with Gasteiger partial charge in [-0.05, 0) is 55.0 Å². The molecule has 0 aliphatic rings. The average molecular weight is 459 g/mol. The first-order valence-corrected chi connectivity index (χ1v) is 11.5. The Morgan fingerprint density at radius 2 is 1.70 bits per heavy atom. The molecule has 3 unspecified atom stereocenters. The Bertz CT molecular complexity index is 895. The monoisotopic (exact) mass is 458 g/mol. The smallest absolute Gasteiger partial charge is 0.224 e. The fraction of sp³-hybridized carbons (Fsp3) is 0.500. The minimum Gasteiger partial charge on any atom is -0.508 e. The standard InChI is InChI=1S/C26H38N2O5/c1-5-17(2)23(16-29)28-25(33)10-18-7-6-8-19(9-18)14-26(3,4)27-15-24(32)20-11-21(30)13-22(31)12-20/h6-9,11-13,17,23-24,27,29-32H,5,10,14-16H2,1-4H3,(H,28,33). The normalized spacial score (nSPS) is 14.5. The minimum absolute atomic E-state index is 0.0747. The average Bonchev–Trinajstić information content (AvgIpc) is 2.74. The van der Waals surface area contributed by atoms with Gasteiger partial charge in [0, 0.05) is 18.2 Å². The van der Waals surface area contributed by atoms with E-state index in [1.807, 2.05) is 52.0 Å². The summed E-state index contributed by atoms with van der Waals surface area (Å²) in [6.45, 7) is 8.27. The highest BCUT2D eigenvalue weighted by Gasteiger charge is 2.21. The van der Waals surface area contributed by atoms with Crippen LogP contribution in [0.2, 0.25) is 0 Å². The summed E-state index contributed by atoms with van der Waals surface area (Å²) in [5, 5.41) is 45.5. The van der Waals surface area contributed by atoms with Crippen molar-refractivity contribution in [2.75, 3.05) is 13.2 Å². The number of aliphatic hydroxyl groups excluding tert-OH is 2. The number of benzene rings is 2. The molecule has 2 aromatic rings. The highest BCUT2D eigenvalue weighted by atomic mass is 16.3. The van der Waals surface area contributed by atoms with Crippen molar-refractivity contribution < 1.29 is 25.2 Å². The predicted molar refractivity (Wildman–Crippen MR) is 129 cm³/mol. The van der Waals surface area contributed by atoms with Crippen LogP contribution < -0.4 is 10.6 Å². The predicted octanol–water partition coefficient (Wildman–Crippen LogP) is 2.81. The number of carbonyl (C=O) groups is 1. The molecule has 0 bridgehead atoms. The molecule has 0 aromatic heterocycles. The molecule has 7 heteroatoms. The number of hydrogen-bond donors (Lipinski definition) is 6. The van der Waals surface area contributed by atoms with Gasteiger partial charge in [-0.1, -0.05) is 44.5 Å². The van der Waals surface area contributed by atoms with Crippen molar-refractivity contribution in [2.45, 2.75) is 64.6 Å². The second-order valence-electron chi connectivity index (χ2n) is 9.48. The second-order valence-corrected chi connectivity index (χ2v) is 9.48. The number of hydrogen-bond acceptors (Lipinski definition) is 6. The Labute approximate surface area is 196 Å². The van der Waals surface area contributed by atoms with Gasteiger partial charge in [-0.15, -0.1) is 0 Å². The number of phenolic OH excluding ortho intramolecular Hbond substituents is 2. The number of aliphatic hydroxyl groups is 2. The van der Waals surface area contributed by atoms with Crippen LogP contribution in [-0.2, 0) is 17.6 Å². The van der Waals surface area contributed by atoms with Gasteiger partial charge in [-0.3, -0.25) is 4.79 Å². The van der Waals surface area contributed by atoms with Gasteiger partial charge < -0.3 is 31.1 Å². The number of nitrogens with one attached hydrogen (secondary N) is 2.